The summed E-state index contributed by atoms with van der Waals surface area (Å²) >= 11 is 11.3. The van der Waals surface area contributed by atoms with Crippen LogP contribution in [0.3, 0.4) is 0 Å². The Labute approximate surface area is 106 Å². The second-order valence-electron chi connectivity index (χ2n) is 3.58. The molecule has 0 aliphatic heterocycles. The second kappa shape index (κ2) is 5.85. The van der Waals surface area contributed by atoms with E-state index in [4.69, 9.17) is 23.2 Å². The van der Waals surface area contributed by atoms with Crippen LogP contribution in [0, 0.1) is 0 Å². The maximum Gasteiger partial charge on any atom is 0.276 e. The summed E-state index contributed by atoms with van der Waals surface area (Å²) in [4.78, 5) is 1.90. The minimum Gasteiger partial charge on any atom is -0.292 e. The quantitative estimate of drug-likeness (QED) is 0.721. The molecule has 1 unspecified atom stereocenters. The van der Waals surface area contributed by atoms with Gasteiger partial charge in [-0.2, -0.15) is 0 Å². The topological polar surface area (TPSA) is 3.24 Å². The van der Waals surface area contributed by atoms with Crippen molar-refractivity contribution in [2.75, 3.05) is 13.1 Å². The van der Waals surface area contributed by atoms with Gasteiger partial charge in [0.25, 0.3) is 4.59 Å². The summed E-state index contributed by atoms with van der Waals surface area (Å²) < 4.78 is 11.6. The Kier molecular flexibility index (Phi) is 5.03. The molecule has 0 saturated heterocycles. The Hall–Kier alpha value is -0.310. The lowest BCUT2D eigenvalue weighted by atomic mass is 10.1. The lowest BCUT2D eigenvalue weighted by molar-refractivity contribution is 0.141. The Morgan fingerprint density at radius 2 is 1.69 bits per heavy atom. The van der Waals surface area contributed by atoms with Crippen LogP contribution in [0.5, 0.6) is 0 Å². The fourth-order valence-corrected chi connectivity index (χ4v) is 2.36. The molecule has 1 atom stereocenters. The Morgan fingerprint density at radius 1 is 1.19 bits per heavy atom. The van der Waals surface area contributed by atoms with Crippen molar-refractivity contribution in [3.05, 3.63) is 35.9 Å². The van der Waals surface area contributed by atoms with Gasteiger partial charge in [0.1, 0.15) is 0 Å². The number of hydrogen-bond acceptors (Lipinski definition) is 1. The Balaban J connectivity index is 3.06. The van der Waals surface area contributed by atoms with Crippen molar-refractivity contribution in [2.45, 2.75) is 24.5 Å². The standard InChI is InChI=1S/C12H16Cl2FN/c1-3-16(4-2)11(12(13,14)15)10-8-6-5-7-9-10/h5-9,11H,3-4H2,1-2H3. The van der Waals surface area contributed by atoms with Crippen LogP contribution in [0.4, 0.5) is 4.39 Å². The monoisotopic (exact) mass is 263 g/mol. The zero-order valence-corrected chi connectivity index (χ0v) is 11.0. The van der Waals surface area contributed by atoms with Gasteiger partial charge in [-0.05, 0) is 18.7 Å². The van der Waals surface area contributed by atoms with Crippen LogP contribution in [-0.2, 0) is 0 Å². The number of rotatable bonds is 5. The third kappa shape index (κ3) is 3.34. The minimum atomic E-state index is -2.28. The van der Waals surface area contributed by atoms with Crippen molar-refractivity contribution in [3.63, 3.8) is 0 Å². The summed E-state index contributed by atoms with van der Waals surface area (Å²) in [5, 5.41) is 0. The fourth-order valence-electron chi connectivity index (χ4n) is 1.83. The molecule has 1 nitrogen and oxygen atoms in total. The van der Waals surface area contributed by atoms with E-state index in [1.54, 1.807) is 0 Å². The van der Waals surface area contributed by atoms with Crippen molar-refractivity contribution >= 4 is 23.2 Å². The summed E-state index contributed by atoms with van der Waals surface area (Å²) in [7, 11) is 0. The van der Waals surface area contributed by atoms with Gasteiger partial charge < -0.3 is 0 Å². The van der Waals surface area contributed by atoms with Crippen LogP contribution in [0.25, 0.3) is 0 Å². The van der Waals surface area contributed by atoms with Gasteiger partial charge in [0.2, 0.25) is 0 Å². The van der Waals surface area contributed by atoms with Crippen molar-refractivity contribution in [1.82, 2.24) is 4.90 Å². The highest BCUT2D eigenvalue weighted by Crippen LogP contribution is 2.41. The SMILES string of the molecule is CCN(CC)C(c1ccccc1)C(F)(Cl)Cl. The largest absolute Gasteiger partial charge is 0.292 e. The third-order valence-electron chi connectivity index (χ3n) is 2.60. The maximum atomic E-state index is 13.9. The van der Waals surface area contributed by atoms with Crippen LogP contribution < -0.4 is 0 Å². The molecule has 0 heterocycles. The van der Waals surface area contributed by atoms with E-state index in [1.807, 2.05) is 49.1 Å². The molecule has 0 fully saturated rings. The van der Waals surface area contributed by atoms with Gasteiger partial charge in [-0.15, -0.1) is 0 Å². The van der Waals surface area contributed by atoms with E-state index in [9.17, 15) is 4.39 Å². The van der Waals surface area contributed by atoms with E-state index >= 15 is 0 Å². The first-order valence-electron chi connectivity index (χ1n) is 5.36. The molecule has 1 rings (SSSR count). The van der Waals surface area contributed by atoms with E-state index in [-0.39, 0.29) is 0 Å². The Bertz CT molecular complexity index is 307. The number of nitrogens with zero attached hydrogens (tertiary/aromatic N) is 1. The average Bonchev–Trinajstić information content (AvgIpc) is 2.25. The van der Waals surface area contributed by atoms with Crippen molar-refractivity contribution in [2.24, 2.45) is 0 Å². The molecule has 0 aliphatic carbocycles. The first-order valence-corrected chi connectivity index (χ1v) is 6.12. The van der Waals surface area contributed by atoms with Crippen LogP contribution in [0.1, 0.15) is 25.5 Å². The van der Waals surface area contributed by atoms with Gasteiger partial charge >= 0.3 is 0 Å². The maximum absolute atomic E-state index is 13.9. The molecule has 90 valence electrons. The smallest absolute Gasteiger partial charge is 0.276 e. The van der Waals surface area contributed by atoms with Gasteiger partial charge in [0.05, 0.1) is 6.04 Å². The van der Waals surface area contributed by atoms with Crippen LogP contribution in [0.2, 0.25) is 0 Å². The molecule has 0 spiro atoms. The van der Waals surface area contributed by atoms with E-state index in [0.717, 1.165) is 5.56 Å². The normalized spacial score (nSPS) is 14.1. The molecule has 1 aromatic carbocycles. The highest BCUT2D eigenvalue weighted by molar-refractivity contribution is 6.47. The molecule has 4 heteroatoms. The van der Waals surface area contributed by atoms with E-state index in [0.29, 0.717) is 13.1 Å². The van der Waals surface area contributed by atoms with Crippen LogP contribution in [-0.4, -0.2) is 22.6 Å². The zero-order chi connectivity index (χ0) is 12.2. The summed E-state index contributed by atoms with van der Waals surface area (Å²) in [5.74, 6) is 0. The molecule has 0 aliphatic rings. The summed E-state index contributed by atoms with van der Waals surface area (Å²) in [6.07, 6.45) is 0. The highest BCUT2D eigenvalue weighted by atomic mass is 35.5. The first kappa shape index (κ1) is 13.8. The molecule has 0 amide bonds. The molecule has 0 radical (unpaired) electrons. The molecule has 1 aromatic rings. The molecule has 0 saturated carbocycles. The molecule has 16 heavy (non-hydrogen) atoms. The van der Waals surface area contributed by atoms with Crippen molar-refractivity contribution in [3.8, 4) is 0 Å². The molecular weight excluding hydrogens is 248 g/mol. The van der Waals surface area contributed by atoms with E-state index < -0.39 is 10.6 Å². The average molecular weight is 264 g/mol. The predicted octanol–water partition coefficient (Wildman–Crippen LogP) is 4.17. The predicted molar refractivity (Wildman–Crippen MR) is 67.6 cm³/mol. The third-order valence-corrected chi connectivity index (χ3v) is 3.02. The molecular formula is C12H16Cl2FN. The second-order valence-corrected chi connectivity index (χ2v) is 4.87. The highest BCUT2D eigenvalue weighted by Gasteiger charge is 2.39. The lowest BCUT2D eigenvalue weighted by Crippen LogP contribution is -2.37. The van der Waals surface area contributed by atoms with Gasteiger partial charge in [-0.1, -0.05) is 67.4 Å². The van der Waals surface area contributed by atoms with Crippen LogP contribution >= 0.6 is 23.2 Å². The first-order chi connectivity index (χ1) is 7.50. The van der Waals surface area contributed by atoms with E-state index in [2.05, 4.69) is 0 Å². The zero-order valence-electron chi connectivity index (χ0n) is 9.46. The number of alkyl halides is 3. The van der Waals surface area contributed by atoms with Crippen LogP contribution in [0.15, 0.2) is 30.3 Å². The molecule has 0 bridgehead atoms. The van der Waals surface area contributed by atoms with Gasteiger partial charge in [-0.3, -0.25) is 4.90 Å². The lowest BCUT2D eigenvalue weighted by Gasteiger charge is -2.33. The van der Waals surface area contributed by atoms with Crippen molar-refractivity contribution in [1.29, 1.82) is 0 Å². The van der Waals surface area contributed by atoms with Gasteiger partial charge in [0, 0.05) is 0 Å². The molecule has 0 aromatic heterocycles. The fraction of sp³-hybridized carbons (Fsp3) is 0.500. The summed E-state index contributed by atoms with van der Waals surface area (Å²) in [6, 6.07) is 8.62. The Morgan fingerprint density at radius 3 is 2.06 bits per heavy atom. The minimum absolute atomic E-state index is 0.632. The number of benzene rings is 1. The number of halogens is 3. The van der Waals surface area contributed by atoms with Crippen molar-refractivity contribution < 1.29 is 4.39 Å². The molecule has 0 N–H and O–H groups in total. The summed E-state index contributed by atoms with van der Waals surface area (Å²) in [6.45, 7) is 5.31. The number of hydrogen-bond donors (Lipinski definition) is 0. The van der Waals surface area contributed by atoms with E-state index in [1.165, 1.54) is 0 Å². The summed E-state index contributed by atoms with van der Waals surface area (Å²) in [5.41, 5.74) is 0.790. The van der Waals surface area contributed by atoms with Gasteiger partial charge in [-0.25, -0.2) is 4.39 Å². The van der Waals surface area contributed by atoms with Gasteiger partial charge in [0.15, 0.2) is 0 Å².